The highest BCUT2D eigenvalue weighted by molar-refractivity contribution is 5.29. The molecule has 3 rings (SSSR count). The monoisotopic (exact) mass is 216 g/mol. The molecule has 1 aromatic carbocycles. The number of fused-ring (bicyclic) bond motifs is 1. The molecule has 0 spiro atoms. The Morgan fingerprint density at radius 1 is 1.25 bits per heavy atom. The Balaban J connectivity index is 1.77. The molecule has 1 heterocycles. The van der Waals surface area contributed by atoms with Gasteiger partial charge in [0.25, 0.3) is 0 Å². The van der Waals surface area contributed by atoms with E-state index in [1.165, 1.54) is 30.4 Å². The van der Waals surface area contributed by atoms with Crippen LogP contribution in [0.3, 0.4) is 0 Å². The van der Waals surface area contributed by atoms with E-state index in [2.05, 4.69) is 36.1 Å². The summed E-state index contributed by atoms with van der Waals surface area (Å²) in [7, 11) is 0. The summed E-state index contributed by atoms with van der Waals surface area (Å²) in [4.78, 5) is 2.55. The van der Waals surface area contributed by atoms with Crippen LogP contribution in [0.1, 0.15) is 30.9 Å². The summed E-state index contributed by atoms with van der Waals surface area (Å²) in [5.74, 6) is 0. The Morgan fingerprint density at radius 3 is 2.62 bits per heavy atom. The van der Waals surface area contributed by atoms with Crippen molar-refractivity contribution in [3.63, 3.8) is 0 Å². The van der Waals surface area contributed by atoms with Gasteiger partial charge in [-0.2, -0.15) is 0 Å². The predicted molar refractivity (Wildman–Crippen MR) is 66.2 cm³/mol. The molecule has 2 heteroatoms. The van der Waals surface area contributed by atoms with Crippen LogP contribution < -0.4 is 5.73 Å². The van der Waals surface area contributed by atoms with Crippen molar-refractivity contribution in [2.45, 2.75) is 44.3 Å². The zero-order valence-corrected chi connectivity index (χ0v) is 9.95. The average Bonchev–Trinajstić information content (AvgIpc) is 3.07. The lowest BCUT2D eigenvalue weighted by molar-refractivity contribution is 0.159. The fraction of sp³-hybridized carbons (Fsp3) is 0.571. The van der Waals surface area contributed by atoms with Gasteiger partial charge >= 0.3 is 0 Å². The molecule has 1 aromatic rings. The van der Waals surface area contributed by atoms with Crippen LogP contribution >= 0.6 is 0 Å². The maximum atomic E-state index is 6.30. The molecule has 16 heavy (non-hydrogen) atoms. The maximum Gasteiger partial charge on any atom is 0.0311 e. The second-order valence-electron chi connectivity index (χ2n) is 5.40. The number of hydrogen-bond acceptors (Lipinski definition) is 2. The molecule has 1 saturated carbocycles. The third-order valence-corrected chi connectivity index (χ3v) is 4.37. The number of nitrogens with two attached hydrogens (primary N) is 1. The highest BCUT2D eigenvalue weighted by Crippen LogP contribution is 2.39. The van der Waals surface area contributed by atoms with Gasteiger partial charge in [-0.1, -0.05) is 24.3 Å². The summed E-state index contributed by atoms with van der Waals surface area (Å²) < 4.78 is 0. The van der Waals surface area contributed by atoms with Crippen LogP contribution in [0, 0.1) is 0 Å². The smallest absolute Gasteiger partial charge is 0.0311 e. The zero-order valence-electron chi connectivity index (χ0n) is 9.95. The van der Waals surface area contributed by atoms with E-state index in [1.807, 2.05) is 0 Å². The first-order valence-corrected chi connectivity index (χ1v) is 6.29. The maximum absolute atomic E-state index is 6.30. The van der Waals surface area contributed by atoms with Gasteiger partial charge in [0.15, 0.2) is 0 Å². The zero-order chi connectivity index (χ0) is 11.2. The van der Waals surface area contributed by atoms with Crippen LogP contribution in [-0.4, -0.2) is 23.0 Å². The standard InChI is InChI=1S/C14H20N2/c1-11(14(15)7-8-14)16-9-6-12-4-2-3-5-13(12)10-16/h2-5,11H,6-10,15H2,1H3. The Morgan fingerprint density at radius 2 is 1.94 bits per heavy atom. The average molecular weight is 216 g/mol. The quantitative estimate of drug-likeness (QED) is 0.818. The van der Waals surface area contributed by atoms with Crippen molar-refractivity contribution in [2.75, 3.05) is 6.54 Å². The summed E-state index contributed by atoms with van der Waals surface area (Å²) >= 11 is 0. The van der Waals surface area contributed by atoms with Gasteiger partial charge in [0.05, 0.1) is 0 Å². The third kappa shape index (κ3) is 1.66. The summed E-state index contributed by atoms with van der Waals surface area (Å²) in [5, 5.41) is 0. The highest BCUT2D eigenvalue weighted by Gasteiger charge is 2.46. The fourth-order valence-electron chi connectivity index (χ4n) is 2.77. The second kappa shape index (κ2) is 3.57. The minimum atomic E-state index is 0.117. The van der Waals surface area contributed by atoms with Crippen molar-refractivity contribution >= 4 is 0 Å². The molecular weight excluding hydrogens is 196 g/mol. The van der Waals surface area contributed by atoms with Gasteiger partial charge in [0, 0.05) is 24.7 Å². The van der Waals surface area contributed by atoms with Crippen LogP contribution in [0.25, 0.3) is 0 Å². The molecule has 0 radical (unpaired) electrons. The molecule has 0 amide bonds. The Labute approximate surface area is 97.4 Å². The molecule has 1 fully saturated rings. The molecule has 86 valence electrons. The minimum absolute atomic E-state index is 0.117. The van der Waals surface area contributed by atoms with E-state index in [9.17, 15) is 0 Å². The third-order valence-electron chi connectivity index (χ3n) is 4.37. The molecule has 2 nitrogen and oxygen atoms in total. The van der Waals surface area contributed by atoms with Crippen molar-refractivity contribution in [1.29, 1.82) is 0 Å². The normalized spacial score (nSPS) is 24.9. The Hall–Kier alpha value is -0.860. The van der Waals surface area contributed by atoms with Crippen LogP contribution in [-0.2, 0) is 13.0 Å². The van der Waals surface area contributed by atoms with Gasteiger partial charge in [-0.3, -0.25) is 4.90 Å². The second-order valence-corrected chi connectivity index (χ2v) is 5.40. The van der Waals surface area contributed by atoms with Gasteiger partial charge < -0.3 is 5.73 Å². The molecule has 0 saturated heterocycles. The summed E-state index contributed by atoms with van der Waals surface area (Å²) in [6, 6.07) is 9.32. The minimum Gasteiger partial charge on any atom is -0.324 e. The van der Waals surface area contributed by atoms with Gasteiger partial charge in [-0.05, 0) is 37.3 Å². The lowest BCUT2D eigenvalue weighted by Gasteiger charge is -2.36. The Bertz CT molecular complexity index is 395. The van der Waals surface area contributed by atoms with E-state index in [0.29, 0.717) is 6.04 Å². The molecule has 2 N–H and O–H groups in total. The van der Waals surface area contributed by atoms with Gasteiger partial charge in [0.2, 0.25) is 0 Å². The van der Waals surface area contributed by atoms with Gasteiger partial charge in [-0.25, -0.2) is 0 Å². The van der Waals surface area contributed by atoms with E-state index in [1.54, 1.807) is 0 Å². The van der Waals surface area contributed by atoms with Crippen LogP contribution in [0.5, 0.6) is 0 Å². The fourth-order valence-corrected chi connectivity index (χ4v) is 2.77. The molecule has 2 aliphatic rings. The van der Waals surface area contributed by atoms with Crippen molar-refractivity contribution in [3.05, 3.63) is 35.4 Å². The van der Waals surface area contributed by atoms with E-state index >= 15 is 0 Å². The summed E-state index contributed by atoms with van der Waals surface area (Å²) in [6.45, 7) is 4.54. The SMILES string of the molecule is CC(N1CCc2ccccc2C1)C1(N)CC1. The molecule has 1 aliphatic heterocycles. The first-order chi connectivity index (χ1) is 7.69. The van der Waals surface area contributed by atoms with Crippen molar-refractivity contribution in [3.8, 4) is 0 Å². The first-order valence-electron chi connectivity index (χ1n) is 6.29. The molecule has 1 aliphatic carbocycles. The van der Waals surface area contributed by atoms with Gasteiger partial charge in [0.1, 0.15) is 0 Å². The van der Waals surface area contributed by atoms with E-state index in [0.717, 1.165) is 13.1 Å². The first kappa shape index (κ1) is 10.3. The molecular formula is C14H20N2. The Kier molecular flexibility index (Phi) is 2.30. The van der Waals surface area contributed by atoms with Crippen molar-refractivity contribution < 1.29 is 0 Å². The van der Waals surface area contributed by atoms with Gasteiger partial charge in [-0.15, -0.1) is 0 Å². The van der Waals surface area contributed by atoms with Crippen molar-refractivity contribution in [2.24, 2.45) is 5.73 Å². The largest absolute Gasteiger partial charge is 0.324 e. The van der Waals surface area contributed by atoms with Crippen LogP contribution in [0.2, 0.25) is 0 Å². The number of hydrogen-bond donors (Lipinski definition) is 1. The molecule has 0 aromatic heterocycles. The lowest BCUT2D eigenvalue weighted by Crippen LogP contribution is -2.49. The predicted octanol–water partition coefficient (Wildman–Crippen LogP) is 1.92. The number of nitrogens with zero attached hydrogens (tertiary/aromatic N) is 1. The molecule has 0 bridgehead atoms. The number of benzene rings is 1. The lowest BCUT2D eigenvalue weighted by atomic mass is 9.97. The highest BCUT2D eigenvalue weighted by atomic mass is 15.2. The number of rotatable bonds is 2. The molecule has 1 unspecified atom stereocenters. The van der Waals surface area contributed by atoms with Crippen LogP contribution in [0.4, 0.5) is 0 Å². The summed E-state index contributed by atoms with van der Waals surface area (Å²) in [5.41, 5.74) is 9.43. The topological polar surface area (TPSA) is 29.3 Å². The van der Waals surface area contributed by atoms with E-state index < -0.39 is 0 Å². The summed E-state index contributed by atoms with van der Waals surface area (Å²) in [6.07, 6.45) is 3.58. The van der Waals surface area contributed by atoms with E-state index in [-0.39, 0.29) is 5.54 Å². The van der Waals surface area contributed by atoms with Crippen LogP contribution in [0.15, 0.2) is 24.3 Å². The molecule has 1 atom stereocenters. The van der Waals surface area contributed by atoms with Crippen molar-refractivity contribution in [1.82, 2.24) is 4.90 Å². The van der Waals surface area contributed by atoms with E-state index in [4.69, 9.17) is 5.73 Å².